The van der Waals surface area contributed by atoms with Gasteiger partial charge in [-0.25, -0.2) is 0 Å². The first-order valence-electron chi connectivity index (χ1n) is 6.75. The van der Waals surface area contributed by atoms with Gasteiger partial charge >= 0.3 is 0 Å². The van der Waals surface area contributed by atoms with Crippen molar-refractivity contribution in [2.24, 2.45) is 0 Å². The first-order valence-corrected chi connectivity index (χ1v) is 6.75. The van der Waals surface area contributed by atoms with Gasteiger partial charge in [0.25, 0.3) is 0 Å². The van der Waals surface area contributed by atoms with Crippen LogP contribution in [0.3, 0.4) is 0 Å². The lowest BCUT2D eigenvalue weighted by molar-refractivity contribution is 0.178. The van der Waals surface area contributed by atoms with Gasteiger partial charge in [-0.05, 0) is 33.3 Å². The summed E-state index contributed by atoms with van der Waals surface area (Å²) in [5.41, 5.74) is 4.52. The lowest BCUT2D eigenvalue weighted by Gasteiger charge is -2.10. The fourth-order valence-corrected chi connectivity index (χ4v) is 2.34. The van der Waals surface area contributed by atoms with Crippen LogP contribution in [0, 0.1) is 13.8 Å². The van der Waals surface area contributed by atoms with Crippen LogP contribution in [0.5, 0.6) is 0 Å². The molecule has 1 heterocycles. The Morgan fingerprint density at radius 2 is 1.79 bits per heavy atom. The summed E-state index contributed by atoms with van der Waals surface area (Å²) >= 11 is 0. The van der Waals surface area contributed by atoms with Crippen LogP contribution in [0.25, 0.3) is 0 Å². The Labute approximate surface area is 114 Å². The van der Waals surface area contributed by atoms with Gasteiger partial charge in [0, 0.05) is 24.2 Å². The monoisotopic (exact) mass is 258 g/mol. The van der Waals surface area contributed by atoms with Crippen molar-refractivity contribution in [1.82, 2.24) is 9.78 Å². The molecule has 1 atom stereocenters. The van der Waals surface area contributed by atoms with E-state index in [-0.39, 0.29) is 0 Å². The number of hydrogen-bond acceptors (Lipinski definition) is 2. The maximum absolute atomic E-state index is 10.3. The molecule has 0 aliphatic rings. The van der Waals surface area contributed by atoms with Crippen LogP contribution >= 0.6 is 0 Å². The van der Waals surface area contributed by atoms with Crippen LogP contribution in [0.2, 0.25) is 0 Å². The summed E-state index contributed by atoms with van der Waals surface area (Å²) in [5, 5.41) is 14.6. The summed E-state index contributed by atoms with van der Waals surface area (Å²) in [7, 11) is 0. The van der Waals surface area contributed by atoms with Crippen LogP contribution in [-0.2, 0) is 6.42 Å². The molecule has 2 aromatic rings. The minimum absolute atomic E-state index is 0.321. The summed E-state index contributed by atoms with van der Waals surface area (Å²) < 4.78 is 1.88. The molecule has 19 heavy (non-hydrogen) atoms. The number of rotatable bonds is 4. The Morgan fingerprint density at radius 1 is 1.16 bits per heavy atom. The Hall–Kier alpha value is -1.61. The molecule has 3 heteroatoms. The van der Waals surface area contributed by atoms with Gasteiger partial charge in [-0.1, -0.05) is 29.3 Å². The summed E-state index contributed by atoms with van der Waals surface area (Å²) in [5.74, 6) is 0. The van der Waals surface area contributed by atoms with Crippen molar-refractivity contribution in [3.8, 4) is 0 Å². The molecular weight excluding hydrogens is 236 g/mol. The van der Waals surface area contributed by atoms with E-state index in [2.05, 4.69) is 51.0 Å². The van der Waals surface area contributed by atoms with Crippen molar-refractivity contribution in [2.45, 2.75) is 46.3 Å². The fourth-order valence-electron chi connectivity index (χ4n) is 2.34. The Kier molecular flexibility index (Phi) is 4.05. The third-order valence-corrected chi connectivity index (χ3v) is 3.25. The van der Waals surface area contributed by atoms with Gasteiger partial charge in [0.05, 0.1) is 12.3 Å². The molecule has 0 amide bonds. The summed E-state index contributed by atoms with van der Waals surface area (Å²) in [6.45, 7) is 8.32. The van der Waals surface area contributed by atoms with Gasteiger partial charge < -0.3 is 5.11 Å². The first-order chi connectivity index (χ1) is 8.95. The third kappa shape index (κ3) is 3.44. The average molecular weight is 258 g/mol. The number of aliphatic hydroxyl groups excluding tert-OH is 1. The van der Waals surface area contributed by atoms with Gasteiger partial charge in [0.1, 0.15) is 0 Å². The van der Waals surface area contributed by atoms with E-state index in [9.17, 15) is 5.11 Å². The highest BCUT2D eigenvalue weighted by atomic mass is 16.3. The Morgan fingerprint density at radius 3 is 2.32 bits per heavy atom. The molecule has 3 nitrogen and oxygen atoms in total. The zero-order valence-electron chi connectivity index (χ0n) is 12.1. The minimum atomic E-state index is -0.492. The molecule has 0 aliphatic heterocycles. The van der Waals surface area contributed by atoms with Gasteiger partial charge in [-0.2, -0.15) is 5.10 Å². The van der Waals surface area contributed by atoms with E-state index in [0.717, 1.165) is 5.56 Å². The molecule has 0 radical (unpaired) electrons. The molecule has 0 saturated carbocycles. The van der Waals surface area contributed by atoms with Gasteiger partial charge in [-0.3, -0.25) is 4.68 Å². The quantitative estimate of drug-likeness (QED) is 0.913. The highest BCUT2D eigenvalue weighted by Crippen LogP contribution is 2.20. The van der Waals surface area contributed by atoms with Crippen molar-refractivity contribution in [3.05, 3.63) is 52.8 Å². The molecule has 0 fully saturated rings. The van der Waals surface area contributed by atoms with Crippen LogP contribution in [0.4, 0.5) is 0 Å². The van der Waals surface area contributed by atoms with E-state index in [1.165, 1.54) is 16.7 Å². The maximum Gasteiger partial charge on any atom is 0.0860 e. The standard InChI is InChI=1S/C16H22N2O/c1-11(2)18-10-15(9-17-18)16(19)8-14-6-12(3)5-13(4)7-14/h5-7,9-11,16,19H,8H2,1-4H3. The molecule has 1 aromatic heterocycles. The summed E-state index contributed by atoms with van der Waals surface area (Å²) in [6, 6.07) is 6.72. The smallest absolute Gasteiger partial charge is 0.0860 e. The normalized spacial score (nSPS) is 12.9. The first kappa shape index (κ1) is 13.8. The Balaban J connectivity index is 2.13. The lowest BCUT2D eigenvalue weighted by atomic mass is 10.0. The number of aryl methyl sites for hydroxylation is 2. The molecular formula is C16H22N2O. The maximum atomic E-state index is 10.3. The van der Waals surface area contributed by atoms with E-state index in [1.54, 1.807) is 6.20 Å². The molecule has 0 aliphatic carbocycles. The molecule has 1 N–H and O–H groups in total. The van der Waals surface area contributed by atoms with Crippen molar-refractivity contribution in [1.29, 1.82) is 0 Å². The topological polar surface area (TPSA) is 38.1 Å². The highest BCUT2D eigenvalue weighted by Gasteiger charge is 2.12. The molecule has 0 saturated heterocycles. The van der Waals surface area contributed by atoms with Crippen molar-refractivity contribution >= 4 is 0 Å². The number of aliphatic hydroxyl groups is 1. The average Bonchev–Trinajstić information content (AvgIpc) is 2.76. The third-order valence-electron chi connectivity index (χ3n) is 3.25. The summed E-state index contributed by atoms with van der Waals surface area (Å²) in [6.07, 6.45) is 3.83. The second-order valence-electron chi connectivity index (χ2n) is 5.56. The molecule has 1 unspecified atom stereocenters. The Bertz CT molecular complexity index is 537. The van der Waals surface area contributed by atoms with Crippen molar-refractivity contribution in [2.75, 3.05) is 0 Å². The second-order valence-corrected chi connectivity index (χ2v) is 5.56. The predicted molar refractivity (Wildman–Crippen MR) is 77.2 cm³/mol. The number of benzene rings is 1. The largest absolute Gasteiger partial charge is 0.388 e. The zero-order chi connectivity index (χ0) is 14.0. The van der Waals surface area contributed by atoms with Crippen LogP contribution in [-0.4, -0.2) is 14.9 Å². The van der Waals surface area contributed by atoms with E-state index in [1.807, 2.05) is 10.9 Å². The van der Waals surface area contributed by atoms with E-state index in [0.29, 0.717) is 12.5 Å². The van der Waals surface area contributed by atoms with E-state index >= 15 is 0 Å². The number of nitrogens with zero attached hydrogens (tertiary/aromatic N) is 2. The molecule has 102 valence electrons. The van der Waals surface area contributed by atoms with E-state index < -0.39 is 6.10 Å². The van der Waals surface area contributed by atoms with Crippen LogP contribution in [0.1, 0.15) is 48.2 Å². The lowest BCUT2D eigenvalue weighted by Crippen LogP contribution is -2.03. The second kappa shape index (κ2) is 5.57. The van der Waals surface area contributed by atoms with Gasteiger partial charge in [0.15, 0.2) is 0 Å². The van der Waals surface area contributed by atoms with Gasteiger partial charge in [-0.15, -0.1) is 0 Å². The number of aromatic nitrogens is 2. The minimum Gasteiger partial charge on any atom is -0.388 e. The summed E-state index contributed by atoms with van der Waals surface area (Å²) in [4.78, 5) is 0. The number of hydrogen-bond donors (Lipinski definition) is 1. The van der Waals surface area contributed by atoms with Gasteiger partial charge in [0.2, 0.25) is 0 Å². The van der Waals surface area contributed by atoms with Crippen LogP contribution in [0.15, 0.2) is 30.6 Å². The fraction of sp³-hybridized carbons (Fsp3) is 0.438. The predicted octanol–water partition coefficient (Wildman–Crippen LogP) is 3.36. The van der Waals surface area contributed by atoms with Crippen LogP contribution < -0.4 is 0 Å². The molecule has 0 spiro atoms. The van der Waals surface area contributed by atoms with Crippen molar-refractivity contribution < 1.29 is 5.11 Å². The zero-order valence-corrected chi connectivity index (χ0v) is 12.1. The molecule has 1 aromatic carbocycles. The molecule has 0 bridgehead atoms. The molecule has 2 rings (SSSR count). The van der Waals surface area contributed by atoms with E-state index in [4.69, 9.17) is 0 Å². The highest BCUT2D eigenvalue weighted by molar-refractivity contribution is 5.29. The van der Waals surface area contributed by atoms with Crippen molar-refractivity contribution in [3.63, 3.8) is 0 Å². The SMILES string of the molecule is Cc1cc(C)cc(CC(O)c2cnn(C(C)C)c2)c1.